The van der Waals surface area contributed by atoms with Gasteiger partial charge in [-0.15, -0.1) is 0 Å². The van der Waals surface area contributed by atoms with E-state index in [2.05, 4.69) is 50.7 Å². The minimum Gasteiger partial charge on any atom is -0.364 e. The molecular formula is C21H23N7. The molecule has 0 spiro atoms. The summed E-state index contributed by atoms with van der Waals surface area (Å²) in [5, 5.41) is 0. The Bertz CT molecular complexity index is 1000. The van der Waals surface area contributed by atoms with E-state index in [1.54, 1.807) is 18.5 Å². The molecule has 0 aromatic carbocycles. The summed E-state index contributed by atoms with van der Waals surface area (Å²) >= 11 is 0. The van der Waals surface area contributed by atoms with Gasteiger partial charge in [-0.3, -0.25) is 0 Å². The van der Waals surface area contributed by atoms with Crippen LogP contribution in [0.1, 0.15) is 36.3 Å². The van der Waals surface area contributed by atoms with Crippen LogP contribution in [0.15, 0.2) is 36.8 Å². The van der Waals surface area contributed by atoms with E-state index >= 15 is 0 Å². The van der Waals surface area contributed by atoms with Crippen molar-refractivity contribution in [3.8, 4) is 11.6 Å². The van der Waals surface area contributed by atoms with Gasteiger partial charge in [-0.2, -0.15) is 0 Å². The Balaban J connectivity index is 1.46. The maximum atomic E-state index is 4.76. The van der Waals surface area contributed by atoms with Gasteiger partial charge in [-0.25, -0.2) is 24.9 Å². The number of hydrogen-bond acceptors (Lipinski definition) is 7. The molecule has 0 radical (unpaired) electrons. The largest absolute Gasteiger partial charge is 0.364 e. The second-order valence-corrected chi connectivity index (χ2v) is 7.45. The average molecular weight is 373 g/mol. The highest BCUT2D eigenvalue weighted by Crippen LogP contribution is 2.35. The molecule has 1 saturated heterocycles. The second kappa shape index (κ2) is 6.82. The van der Waals surface area contributed by atoms with Crippen LogP contribution in [0, 0.1) is 6.92 Å². The molecule has 2 aliphatic rings. The first-order valence-corrected chi connectivity index (χ1v) is 9.82. The van der Waals surface area contributed by atoms with Crippen molar-refractivity contribution in [1.82, 2.24) is 24.9 Å². The monoisotopic (exact) mass is 373 g/mol. The number of hydrogen-bond donors (Lipinski definition) is 0. The Morgan fingerprint density at radius 1 is 0.964 bits per heavy atom. The maximum Gasteiger partial charge on any atom is 0.197 e. The van der Waals surface area contributed by atoms with Crippen molar-refractivity contribution in [3.63, 3.8) is 0 Å². The van der Waals surface area contributed by atoms with Crippen LogP contribution in [0.2, 0.25) is 0 Å². The lowest BCUT2D eigenvalue weighted by Gasteiger charge is -2.38. The summed E-state index contributed by atoms with van der Waals surface area (Å²) in [6, 6.07) is 6.41. The van der Waals surface area contributed by atoms with E-state index in [1.165, 1.54) is 17.7 Å². The van der Waals surface area contributed by atoms with E-state index in [9.17, 15) is 0 Å². The molecule has 3 aromatic heterocycles. The van der Waals surface area contributed by atoms with Crippen molar-refractivity contribution in [2.45, 2.75) is 32.7 Å². The Morgan fingerprint density at radius 2 is 1.79 bits per heavy atom. The van der Waals surface area contributed by atoms with E-state index in [0.29, 0.717) is 11.6 Å². The first kappa shape index (κ1) is 17.0. The van der Waals surface area contributed by atoms with Crippen LogP contribution in [-0.2, 0) is 6.42 Å². The van der Waals surface area contributed by atoms with Crippen molar-refractivity contribution >= 4 is 11.5 Å². The van der Waals surface area contributed by atoms with Gasteiger partial charge < -0.3 is 9.80 Å². The molecule has 0 saturated carbocycles. The van der Waals surface area contributed by atoms with Gasteiger partial charge in [-0.1, -0.05) is 0 Å². The Morgan fingerprint density at radius 3 is 2.54 bits per heavy atom. The van der Waals surface area contributed by atoms with E-state index < -0.39 is 0 Å². The molecule has 5 rings (SSSR count). The summed E-state index contributed by atoms with van der Waals surface area (Å²) in [7, 11) is 0. The minimum absolute atomic E-state index is 0.209. The van der Waals surface area contributed by atoms with E-state index in [1.807, 2.05) is 6.20 Å². The Kier molecular flexibility index (Phi) is 4.15. The third-order valence-electron chi connectivity index (χ3n) is 5.61. The van der Waals surface area contributed by atoms with Crippen LogP contribution in [-0.4, -0.2) is 44.6 Å². The third-order valence-corrected chi connectivity index (χ3v) is 5.61. The third kappa shape index (κ3) is 2.96. The highest BCUT2D eigenvalue weighted by atomic mass is 15.2. The Hall–Kier alpha value is -3.09. The number of aryl methyl sites for hydroxylation is 1. The van der Waals surface area contributed by atoms with Crippen molar-refractivity contribution in [2.24, 2.45) is 0 Å². The number of rotatable bonds is 3. The quantitative estimate of drug-likeness (QED) is 0.699. The van der Waals surface area contributed by atoms with Crippen LogP contribution in [0.3, 0.4) is 0 Å². The molecule has 0 amide bonds. The zero-order valence-corrected chi connectivity index (χ0v) is 16.2. The van der Waals surface area contributed by atoms with Gasteiger partial charge in [0.05, 0.1) is 11.7 Å². The fourth-order valence-corrected chi connectivity index (χ4v) is 3.94. The normalized spacial score (nSPS) is 18.6. The van der Waals surface area contributed by atoms with Crippen molar-refractivity contribution < 1.29 is 0 Å². The fourth-order valence-electron chi connectivity index (χ4n) is 3.94. The summed E-state index contributed by atoms with van der Waals surface area (Å²) in [5.41, 5.74) is 4.55. The van der Waals surface area contributed by atoms with Crippen LogP contribution in [0.4, 0.5) is 11.5 Å². The number of fused-ring (bicyclic) bond motifs is 1. The molecule has 3 aromatic rings. The van der Waals surface area contributed by atoms with E-state index in [-0.39, 0.29) is 6.04 Å². The molecule has 1 atom stereocenters. The predicted molar refractivity (Wildman–Crippen MR) is 108 cm³/mol. The van der Waals surface area contributed by atoms with Crippen molar-refractivity contribution in [3.05, 3.63) is 53.7 Å². The lowest BCUT2D eigenvalue weighted by molar-refractivity contribution is 0.600. The molecular weight excluding hydrogens is 350 g/mol. The zero-order chi connectivity index (χ0) is 19.1. The highest BCUT2D eigenvalue weighted by Gasteiger charge is 2.27. The first-order valence-electron chi connectivity index (χ1n) is 9.82. The molecule has 1 fully saturated rings. The molecule has 28 heavy (non-hydrogen) atoms. The van der Waals surface area contributed by atoms with Crippen LogP contribution < -0.4 is 9.80 Å². The summed E-state index contributed by atoms with van der Waals surface area (Å²) in [5.74, 6) is 2.26. The average Bonchev–Trinajstić information content (AvgIpc) is 2.67. The van der Waals surface area contributed by atoms with Gasteiger partial charge in [-0.05, 0) is 32.4 Å². The lowest BCUT2D eigenvalue weighted by atomic mass is 9.98. The molecule has 7 nitrogen and oxygen atoms in total. The first-order chi connectivity index (χ1) is 13.7. The molecule has 1 unspecified atom stereocenters. The molecule has 7 heteroatoms. The van der Waals surface area contributed by atoms with Crippen molar-refractivity contribution in [2.75, 3.05) is 29.4 Å². The predicted octanol–water partition coefficient (Wildman–Crippen LogP) is 2.97. The van der Waals surface area contributed by atoms with E-state index in [4.69, 9.17) is 9.97 Å². The standard InChI is InChI=1S/C21H23N7/c1-14-11-16(12-19(25-14)27-8-4-9-27)28-10-5-18-17(15(28)2)13-24-21(26-18)20-22-6-3-7-23-20/h3,6-7,11-13,15H,4-5,8-10H2,1-2H3. The van der Waals surface area contributed by atoms with Crippen molar-refractivity contribution in [1.29, 1.82) is 0 Å². The summed E-state index contributed by atoms with van der Waals surface area (Å²) in [6.45, 7) is 7.42. The minimum atomic E-state index is 0.209. The van der Waals surface area contributed by atoms with Gasteiger partial charge in [0.2, 0.25) is 0 Å². The highest BCUT2D eigenvalue weighted by molar-refractivity contribution is 5.59. The maximum absolute atomic E-state index is 4.76. The summed E-state index contributed by atoms with van der Waals surface area (Å²) < 4.78 is 0. The fraction of sp³-hybridized carbons (Fsp3) is 0.381. The smallest absolute Gasteiger partial charge is 0.197 e. The lowest BCUT2D eigenvalue weighted by Crippen LogP contribution is -2.38. The number of pyridine rings is 1. The number of aromatic nitrogens is 5. The molecule has 0 N–H and O–H groups in total. The second-order valence-electron chi connectivity index (χ2n) is 7.45. The van der Waals surface area contributed by atoms with Gasteiger partial charge >= 0.3 is 0 Å². The zero-order valence-electron chi connectivity index (χ0n) is 16.2. The summed E-state index contributed by atoms with van der Waals surface area (Å²) in [4.78, 5) is 27.3. The van der Waals surface area contributed by atoms with Gasteiger partial charge in [0.1, 0.15) is 5.82 Å². The van der Waals surface area contributed by atoms with E-state index in [0.717, 1.165) is 43.3 Å². The molecule has 142 valence electrons. The van der Waals surface area contributed by atoms with Gasteiger partial charge in [0.25, 0.3) is 0 Å². The molecule has 0 bridgehead atoms. The molecule has 5 heterocycles. The van der Waals surface area contributed by atoms with Crippen LogP contribution in [0.5, 0.6) is 0 Å². The van der Waals surface area contributed by atoms with Gasteiger partial charge in [0, 0.05) is 67.7 Å². The SMILES string of the molecule is Cc1cc(N2CCc3nc(-c4ncccn4)ncc3C2C)cc(N2CCC2)n1. The molecule has 0 aliphatic carbocycles. The number of nitrogens with zero attached hydrogens (tertiary/aromatic N) is 7. The Labute approximate surface area is 164 Å². The topological polar surface area (TPSA) is 70.9 Å². The van der Waals surface area contributed by atoms with Crippen LogP contribution in [0.25, 0.3) is 11.6 Å². The number of anilines is 2. The summed E-state index contributed by atoms with van der Waals surface area (Å²) in [6.07, 6.45) is 7.51. The van der Waals surface area contributed by atoms with Crippen LogP contribution >= 0.6 is 0 Å². The van der Waals surface area contributed by atoms with Gasteiger partial charge in [0.15, 0.2) is 11.6 Å². The molecule has 2 aliphatic heterocycles.